The minimum Gasteiger partial charge on any atom is -0.405 e. The molecule has 0 aliphatic carbocycles. The molecular formula is C46H56O5Si. The van der Waals surface area contributed by atoms with Crippen molar-refractivity contribution in [2.45, 2.75) is 77.8 Å². The van der Waals surface area contributed by atoms with Gasteiger partial charge >= 0.3 is 0 Å². The topological polar surface area (TPSA) is 57.2 Å². The van der Waals surface area contributed by atoms with E-state index in [9.17, 15) is 5.11 Å². The number of aliphatic hydroxyl groups is 1. The second kappa shape index (κ2) is 19.3. The van der Waals surface area contributed by atoms with Gasteiger partial charge in [0.2, 0.25) is 0 Å². The monoisotopic (exact) mass is 716 g/mol. The fourth-order valence-corrected chi connectivity index (χ4v) is 11.8. The Hall–Kier alpha value is -3.88. The molecule has 5 aromatic carbocycles. The number of hydrogen-bond donors (Lipinski definition) is 1. The molecule has 0 radical (unpaired) electrons. The van der Waals surface area contributed by atoms with Crippen molar-refractivity contribution in [3.8, 4) is 0 Å². The molecule has 0 aliphatic heterocycles. The molecule has 0 aromatic heterocycles. The van der Waals surface area contributed by atoms with E-state index in [4.69, 9.17) is 18.6 Å². The van der Waals surface area contributed by atoms with Crippen molar-refractivity contribution < 1.29 is 23.7 Å². The van der Waals surface area contributed by atoms with Gasteiger partial charge in [-0.1, -0.05) is 186 Å². The zero-order chi connectivity index (χ0) is 36.8. The zero-order valence-electron chi connectivity index (χ0n) is 31.4. The summed E-state index contributed by atoms with van der Waals surface area (Å²) in [4.78, 5) is 0. The highest BCUT2D eigenvalue weighted by atomic mass is 28.4. The molecule has 5 atom stereocenters. The second-order valence-corrected chi connectivity index (χ2v) is 19.2. The molecule has 0 heterocycles. The lowest BCUT2D eigenvalue weighted by molar-refractivity contribution is -0.139. The molecule has 0 fully saturated rings. The molecule has 5 aromatic rings. The Kier molecular flexibility index (Phi) is 14.6. The molecule has 6 heteroatoms. The van der Waals surface area contributed by atoms with Crippen molar-refractivity contribution in [3.63, 3.8) is 0 Å². The number of benzene rings is 5. The summed E-state index contributed by atoms with van der Waals surface area (Å²) in [5.74, 6) is -0.199. The number of hydrogen-bond acceptors (Lipinski definition) is 5. The molecule has 52 heavy (non-hydrogen) atoms. The number of rotatable bonds is 19. The predicted octanol–water partition coefficient (Wildman–Crippen LogP) is 8.58. The van der Waals surface area contributed by atoms with E-state index >= 15 is 0 Å². The SMILES string of the molecule is C[C@H]([C@@H](OCc1ccccc1)[C@@H](C)COCc1ccccc1)[C@H](OCc1ccccc1)[C@@H](O)CO[Si](c1ccccc1)(c1ccccc1)C(C)(C)C. The third kappa shape index (κ3) is 10.4. The lowest BCUT2D eigenvalue weighted by atomic mass is 9.87. The summed E-state index contributed by atoms with van der Waals surface area (Å²) in [6.45, 7) is 13.0. The average Bonchev–Trinajstić information content (AvgIpc) is 3.17. The van der Waals surface area contributed by atoms with Crippen LogP contribution in [0.25, 0.3) is 0 Å². The average molecular weight is 717 g/mol. The summed E-state index contributed by atoms with van der Waals surface area (Å²) in [5.41, 5.74) is 3.26. The highest BCUT2D eigenvalue weighted by Gasteiger charge is 2.51. The second-order valence-electron chi connectivity index (χ2n) is 14.9. The van der Waals surface area contributed by atoms with Gasteiger partial charge < -0.3 is 23.7 Å². The molecule has 0 saturated heterocycles. The molecule has 274 valence electrons. The van der Waals surface area contributed by atoms with Gasteiger partial charge in [0, 0.05) is 11.8 Å². The van der Waals surface area contributed by atoms with Gasteiger partial charge in [-0.05, 0) is 32.1 Å². The third-order valence-electron chi connectivity index (χ3n) is 9.93. The van der Waals surface area contributed by atoms with E-state index in [0.29, 0.717) is 26.4 Å². The first-order chi connectivity index (χ1) is 25.2. The quantitative estimate of drug-likeness (QED) is 0.0869. The third-order valence-corrected chi connectivity index (χ3v) is 14.9. The Morgan fingerprint density at radius 3 is 1.33 bits per heavy atom. The van der Waals surface area contributed by atoms with Crippen molar-refractivity contribution in [3.05, 3.63) is 168 Å². The Bertz CT molecular complexity index is 1660. The summed E-state index contributed by atoms with van der Waals surface area (Å²) >= 11 is 0. The van der Waals surface area contributed by atoms with Gasteiger partial charge in [-0.15, -0.1) is 0 Å². The molecular weight excluding hydrogens is 661 g/mol. The Morgan fingerprint density at radius 1 is 0.519 bits per heavy atom. The van der Waals surface area contributed by atoms with E-state index in [2.05, 4.69) is 120 Å². The summed E-state index contributed by atoms with van der Waals surface area (Å²) in [7, 11) is -2.90. The molecule has 0 saturated carbocycles. The van der Waals surface area contributed by atoms with Crippen molar-refractivity contribution in [2.75, 3.05) is 13.2 Å². The van der Waals surface area contributed by atoms with Crippen LogP contribution in [0.15, 0.2) is 152 Å². The van der Waals surface area contributed by atoms with Crippen molar-refractivity contribution in [1.29, 1.82) is 0 Å². The van der Waals surface area contributed by atoms with E-state index in [0.717, 1.165) is 16.7 Å². The van der Waals surface area contributed by atoms with Crippen molar-refractivity contribution >= 4 is 18.7 Å². The summed E-state index contributed by atoms with van der Waals surface area (Å²) in [6.07, 6.45) is -1.80. The Morgan fingerprint density at radius 2 is 0.904 bits per heavy atom. The van der Waals surface area contributed by atoms with Gasteiger partial charge in [0.15, 0.2) is 0 Å². The predicted molar refractivity (Wildman–Crippen MR) is 214 cm³/mol. The molecule has 0 amide bonds. The largest absolute Gasteiger partial charge is 0.405 e. The van der Waals surface area contributed by atoms with Gasteiger partial charge in [-0.2, -0.15) is 0 Å². The van der Waals surface area contributed by atoms with Crippen molar-refractivity contribution in [2.24, 2.45) is 11.8 Å². The van der Waals surface area contributed by atoms with E-state index in [-0.39, 0.29) is 29.6 Å². The van der Waals surface area contributed by atoms with Crippen LogP contribution >= 0.6 is 0 Å². The lowest BCUT2D eigenvalue weighted by Gasteiger charge is -2.44. The fourth-order valence-electron chi connectivity index (χ4n) is 7.27. The van der Waals surface area contributed by atoms with E-state index in [1.54, 1.807) is 0 Å². The van der Waals surface area contributed by atoms with E-state index in [1.165, 1.54) is 10.4 Å². The molecule has 0 bridgehead atoms. The first-order valence-corrected chi connectivity index (χ1v) is 20.5. The maximum Gasteiger partial charge on any atom is 0.261 e. The summed E-state index contributed by atoms with van der Waals surface area (Å²) in [6, 6.07) is 51.7. The highest BCUT2D eigenvalue weighted by molar-refractivity contribution is 6.99. The minimum atomic E-state index is -2.90. The van der Waals surface area contributed by atoms with Gasteiger partial charge in [-0.3, -0.25) is 0 Å². The molecule has 0 aliphatic rings. The number of ether oxygens (including phenoxy) is 3. The normalized spacial score (nSPS) is 15.0. The van der Waals surface area contributed by atoms with Crippen LogP contribution < -0.4 is 10.4 Å². The molecule has 1 N–H and O–H groups in total. The van der Waals surface area contributed by atoms with Crippen LogP contribution in [0.3, 0.4) is 0 Å². The molecule has 0 spiro atoms. The first-order valence-electron chi connectivity index (χ1n) is 18.5. The number of aliphatic hydroxyl groups excluding tert-OH is 1. The summed E-state index contributed by atoms with van der Waals surface area (Å²) in [5, 5.41) is 14.4. The summed E-state index contributed by atoms with van der Waals surface area (Å²) < 4.78 is 27.0. The minimum absolute atomic E-state index is 0.00930. The maximum absolute atomic E-state index is 12.3. The van der Waals surface area contributed by atoms with Crippen LogP contribution in [0, 0.1) is 11.8 Å². The van der Waals surface area contributed by atoms with Gasteiger partial charge in [0.05, 0.1) is 45.2 Å². The lowest BCUT2D eigenvalue weighted by Crippen LogP contribution is -2.67. The van der Waals surface area contributed by atoms with Crippen LogP contribution in [0.2, 0.25) is 5.04 Å². The maximum atomic E-state index is 12.3. The smallest absolute Gasteiger partial charge is 0.261 e. The highest BCUT2D eigenvalue weighted by Crippen LogP contribution is 2.37. The Balaban J connectivity index is 1.44. The van der Waals surface area contributed by atoms with Crippen LogP contribution in [-0.2, 0) is 38.5 Å². The standard InChI is InChI=1S/C46H56O5Si/c1-36(31-48-32-38-21-11-6-12-22-38)44(49-33-39-23-13-7-14-24-39)37(2)45(50-34-40-25-15-8-16-26-40)43(47)35-51-52(46(3,4)5,41-27-17-9-18-28-41)42-29-19-10-20-30-42/h6-30,36-37,43-45,47H,31-35H2,1-5H3/t36-,37+,43-,44-,45-/m0/s1. The Labute approximate surface area is 312 Å². The van der Waals surface area contributed by atoms with Crippen LogP contribution in [0.5, 0.6) is 0 Å². The van der Waals surface area contributed by atoms with Crippen LogP contribution in [-0.4, -0.2) is 44.9 Å². The van der Waals surface area contributed by atoms with Gasteiger partial charge in [-0.25, -0.2) is 0 Å². The van der Waals surface area contributed by atoms with E-state index < -0.39 is 20.5 Å². The fraction of sp³-hybridized carbons (Fsp3) is 0.348. The van der Waals surface area contributed by atoms with E-state index in [1.807, 2.05) is 66.7 Å². The zero-order valence-corrected chi connectivity index (χ0v) is 32.4. The van der Waals surface area contributed by atoms with Crippen LogP contribution in [0.1, 0.15) is 51.3 Å². The molecule has 5 rings (SSSR count). The molecule has 5 nitrogen and oxygen atoms in total. The van der Waals surface area contributed by atoms with Crippen molar-refractivity contribution in [1.82, 2.24) is 0 Å². The first kappa shape index (κ1) is 39.3. The molecule has 0 unspecified atom stereocenters. The van der Waals surface area contributed by atoms with Crippen LogP contribution in [0.4, 0.5) is 0 Å². The van der Waals surface area contributed by atoms with Gasteiger partial charge in [0.1, 0.15) is 6.10 Å². The van der Waals surface area contributed by atoms with Gasteiger partial charge in [0.25, 0.3) is 8.32 Å².